The van der Waals surface area contributed by atoms with E-state index in [1.54, 1.807) is 0 Å². The van der Waals surface area contributed by atoms with Gasteiger partial charge in [0, 0.05) is 18.6 Å². The summed E-state index contributed by atoms with van der Waals surface area (Å²) in [6.07, 6.45) is 7.52. The fourth-order valence-electron chi connectivity index (χ4n) is 3.26. The molecule has 0 heterocycles. The van der Waals surface area contributed by atoms with Crippen molar-refractivity contribution in [3.8, 4) is 0 Å². The Bertz CT molecular complexity index is 347. The molecule has 2 aliphatic rings. The van der Waals surface area contributed by atoms with E-state index in [4.69, 9.17) is 4.74 Å². The number of nitrogens with one attached hydrogen (secondary N) is 2. The van der Waals surface area contributed by atoms with Gasteiger partial charge in [-0.05, 0) is 58.3 Å². The van der Waals surface area contributed by atoms with E-state index in [2.05, 4.69) is 17.6 Å². The summed E-state index contributed by atoms with van der Waals surface area (Å²) in [6.45, 7) is 8.72. The highest BCUT2D eigenvalue weighted by Crippen LogP contribution is 2.34. The lowest BCUT2D eigenvalue weighted by Crippen LogP contribution is -2.48. The highest BCUT2D eigenvalue weighted by molar-refractivity contribution is 5.67. The van der Waals surface area contributed by atoms with Crippen LogP contribution in [0.1, 0.15) is 66.2 Å². The van der Waals surface area contributed by atoms with E-state index in [0.717, 1.165) is 11.8 Å². The fraction of sp³-hybridized carbons (Fsp3) is 0.941. The van der Waals surface area contributed by atoms with E-state index >= 15 is 0 Å². The Kier molecular flexibility index (Phi) is 5.53. The number of carbonyl (C=O) groups excluding carboxylic acids is 1. The van der Waals surface area contributed by atoms with Crippen LogP contribution in [0, 0.1) is 11.8 Å². The standard InChI is InChI=1S/C17H32N2O2/c1-12-6-5-7-14(10-12)19-15(13-8-9-13)11-18-16(20)21-17(2,3)4/h12-15,19H,5-11H2,1-4H3,(H,18,20). The van der Waals surface area contributed by atoms with Crippen LogP contribution >= 0.6 is 0 Å². The zero-order chi connectivity index (χ0) is 15.5. The summed E-state index contributed by atoms with van der Waals surface area (Å²) in [5, 5.41) is 6.73. The van der Waals surface area contributed by atoms with Crippen LogP contribution in [0.5, 0.6) is 0 Å². The van der Waals surface area contributed by atoms with Crippen LogP contribution in [0.3, 0.4) is 0 Å². The van der Waals surface area contributed by atoms with Crippen molar-refractivity contribution < 1.29 is 9.53 Å². The molecular formula is C17H32N2O2. The third kappa shape index (κ3) is 6.25. The zero-order valence-corrected chi connectivity index (χ0v) is 14.1. The number of alkyl carbamates (subject to hydrolysis) is 1. The van der Waals surface area contributed by atoms with Crippen LogP contribution in [-0.4, -0.2) is 30.3 Å². The highest BCUT2D eigenvalue weighted by atomic mass is 16.6. The van der Waals surface area contributed by atoms with Gasteiger partial charge in [0.25, 0.3) is 0 Å². The van der Waals surface area contributed by atoms with E-state index in [0.29, 0.717) is 18.6 Å². The zero-order valence-electron chi connectivity index (χ0n) is 14.1. The van der Waals surface area contributed by atoms with Gasteiger partial charge in [-0.15, -0.1) is 0 Å². The van der Waals surface area contributed by atoms with Crippen molar-refractivity contribution in [1.82, 2.24) is 10.6 Å². The molecule has 0 saturated heterocycles. The van der Waals surface area contributed by atoms with E-state index in [1.807, 2.05) is 20.8 Å². The summed E-state index contributed by atoms with van der Waals surface area (Å²) in [4.78, 5) is 11.8. The Morgan fingerprint density at radius 3 is 2.52 bits per heavy atom. The maximum Gasteiger partial charge on any atom is 0.407 e. The second-order valence-corrected chi connectivity index (χ2v) is 7.96. The van der Waals surface area contributed by atoms with Crippen LogP contribution < -0.4 is 10.6 Å². The number of hydrogen-bond acceptors (Lipinski definition) is 3. The molecule has 122 valence electrons. The molecule has 2 N–H and O–H groups in total. The first-order chi connectivity index (χ1) is 9.83. The second kappa shape index (κ2) is 6.99. The lowest BCUT2D eigenvalue weighted by Gasteiger charge is -2.32. The Hall–Kier alpha value is -0.770. The van der Waals surface area contributed by atoms with Gasteiger partial charge in [-0.1, -0.05) is 19.8 Å². The quantitative estimate of drug-likeness (QED) is 0.817. The molecule has 3 atom stereocenters. The molecule has 3 unspecified atom stereocenters. The van der Waals surface area contributed by atoms with Gasteiger partial charge in [-0.2, -0.15) is 0 Å². The molecule has 1 amide bonds. The van der Waals surface area contributed by atoms with Crippen molar-refractivity contribution in [2.75, 3.05) is 6.54 Å². The lowest BCUT2D eigenvalue weighted by molar-refractivity contribution is 0.0519. The molecule has 0 aliphatic heterocycles. The first-order valence-corrected chi connectivity index (χ1v) is 8.56. The normalized spacial score (nSPS) is 28.0. The number of carbonyl (C=O) groups is 1. The van der Waals surface area contributed by atoms with Crippen LogP contribution in [0.4, 0.5) is 4.79 Å². The molecule has 0 radical (unpaired) electrons. The molecule has 0 aromatic heterocycles. The van der Waals surface area contributed by atoms with Gasteiger partial charge in [0.1, 0.15) is 5.60 Å². The molecule has 0 bridgehead atoms. The van der Waals surface area contributed by atoms with Gasteiger partial charge in [0.15, 0.2) is 0 Å². The maximum atomic E-state index is 11.8. The van der Waals surface area contributed by atoms with Gasteiger partial charge in [0.05, 0.1) is 0 Å². The summed E-state index contributed by atoms with van der Waals surface area (Å²) in [7, 11) is 0. The monoisotopic (exact) mass is 296 g/mol. The summed E-state index contributed by atoms with van der Waals surface area (Å²) < 4.78 is 5.32. The Balaban J connectivity index is 1.76. The van der Waals surface area contributed by atoms with Crippen molar-refractivity contribution in [3.05, 3.63) is 0 Å². The minimum Gasteiger partial charge on any atom is -0.444 e. The largest absolute Gasteiger partial charge is 0.444 e. The highest BCUT2D eigenvalue weighted by Gasteiger charge is 2.33. The molecule has 21 heavy (non-hydrogen) atoms. The Labute approximate surface area is 129 Å². The molecule has 0 aromatic rings. The van der Waals surface area contributed by atoms with E-state index in [-0.39, 0.29) is 6.09 Å². The van der Waals surface area contributed by atoms with Crippen molar-refractivity contribution in [2.24, 2.45) is 11.8 Å². The fourth-order valence-corrected chi connectivity index (χ4v) is 3.26. The summed E-state index contributed by atoms with van der Waals surface area (Å²) in [5.41, 5.74) is -0.425. The van der Waals surface area contributed by atoms with Crippen LogP contribution in [-0.2, 0) is 4.74 Å². The molecular weight excluding hydrogens is 264 g/mol. The SMILES string of the molecule is CC1CCCC(NC(CNC(=O)OC(C)(C)C)C2CC2)C1. The molecule has 4 nitrogen and oxygen atoms in total. The smallest absolute Gasteiger partial charge is 0.407 e. The minimum absolute atomic E-state index is 0.299. The maximum absolute atomic E-state index is 11.8. The van der Waals surface area contributed by atoms with Crippen molar-refractivity contribution >= 4 is 6.09 Å². The third-order valence-electron chi connectivity index (χ3n) is 4.44. The predicted molar refractivity (Wildman–Crippen MR) is 85.3 cm³/mol. The number of amides is 1. The predicted octanol–water partition coefficient (Wildman–Crippen LogP) is 3.46. The molecule has 2 saturated carbocycles. The average molecular weight is 296 g/mol. The number of ether oxygens (including phenoxy) is 1. The first-order valence-electron chi connectivity index (χ1n) is 8.56. The Morgan fingerprint density at radius 2 is 1.95 bits per heavy atom. The van der Waals surface area contributed by atoms with Gasteiger partial charge in [-0.25, -0.2) is 4.79 Å². The molecule has 2 aliphatic carbocycles. The average Bonchev–Trinajstić information content (AvgIpc) is 3.16. The van der Waals surface area contributed by atoms with Crippen LogP contribution in [0.25, 0.3) is 0 Å². The van der Waals surface area contributed by atoms with E-state index < -0.39 is 5.60 Å². The van der Waals surface area contributed by atoms with Crippen molar-refractivity contribution in [3.63, 3.8) is 0 Å². The second-order valence-electron chi connectivity index (χ2n) is 7.96. The molecule has 2 fully saturated rings. The first kappa shape index (κ1) is 16.6. The topological polar surface area (TPSA) is 50.4 Å². The summed E-state index contributed by atoms with van der Waals surface area (Å²) in [6, 6.07) is 1.03. The van der Waals surface area contributed by atoms with Crippen molar-refractivity contribution in [2.45, 2.75) is 83.9 Å². The lowest BCUT2D eigenvalue weighted by atomic mass is 9.86. The summed E-state index contributed by atoms with van der Waals surface area (Å²) >= 11 is 0. The Morgan fingerprint density at radius 1 is 1.24 bits per heavy atom. The van der Waals surface area contributed by atoms with Gasteiger partial charge in [0.2, 0.25) is 0 Å². The minimum atomic E-state index is -0.425. The van der Waals surface area contributed by atoms with Gasteiger partial charge >= 0.3 is 6.09 Å². The summed E-state index contributed by atoms with van der Waals surface area (Å²) in [5.74, 6) is 1.56. The van der Waals surface area contributed by atoms with E-state index in [1.165, 1.54) is 38.5 Å². The van der Waals surface area contributed by atoms with E-state index in [9.17, 15) is 4.79 Å². The van der Waals surface area contributed by atoms with Gasteiger partial charge < -0.3 is 15.4 Å². The number of rotatable bonds is 5. The number of hydrogen-bond donors (Lipinski definition) is 2. The van der Waals surface area contributed by atoms with Crippen molar-refractivity contribution in [1.29, 1.82) is 0 Å². The molecule has 2 rings (SSSR count). The van der Waals surface area contributed by atoms with Crippen LogP contribution in [0.2, 0.25) is 0 Å². The van der Waals surface area contributed by atoms with Crippen LogP contribution in [0.15, 0.2) is 0 Å². The molecule has 0 spiro atoms. The third-order valence-corrected chi connectivity index (χ3v) is 4.44. The molecule has 0 aromatic carbocycles. The van der Waals surface area contributed by atoms with Gasteiger partial charge in [-0.3, -0.25) is 0 Å². The molecule has 4 heteroatoms.